The standard InChI is InChI=1S/C18H21N/c1-3-7-14-15-8-5-6-9-16(15)18-13-19(11-4-2)12-10-17(14)18/h3-6,8-9,16H,1-2,7,10-13H2. The van der Waals surface area contributed by atoms with E-state index in [1.54, 1.807) is 11.1 Å². The Kier molecular flexibility index (Phi) is 3.39. The highest BCUT2D eigenvalue weighted by atomic mass is 15.1. The van der Waals surface area contributed by atoms with Gasteiger partial charge >= 0.3 is 0 Å². The summed E-state index contributed by atoms with van der Waals surface area (Å²) in [6, 6.07) is 0. The van der Waals surface area contributed by atoms with Crippen LogP contribution in [0.25, 0.3) is 0 Å². The van der Waals surface area contributed by atoms with Crippen molar-refractivity contribution < 1.29 is 0 Å². The fourth-order valence-corrected chi connectivity index (χ4v) is 3.51. The molecule has 2 aliphatic carbocycles. The molecule has 1 heterocycles. The molecule has 1 unspecified atom stereocenters. The minimum absolute atomic E-state index is 0.516. The van der Waals surface area contributed by atoms with Crippen LogP contribution in [0.1, 0.15) is 12.8 Å². The Balaban J connectivity index is 1.95. The maximum absolute atomic E-state index is 3.92. The third-order valence-electron chi connectivity index (χ3n) is 4.31. The number of hydrogen-bond donors (Lipinski definition) is 0. The molecule has 3 rings (SSSR count). The van der Waals surface area contributed by atoms with Gasteiger partial charge in [0.15, 0.2) is 0 Å². The Morgan fingerprint density at radius 1 is 1.26 bits per heavy atom. The van der Waals surface area contributed by atoms with Crippen molar-refractivity contribution in [3.63, 3.8) is 0 Å². The van der Waals surface area contributed by atoms with Gasteiger partial charge in [-0.3, -0.25) is 4.90 Å². The molecular formula is C18H21N. The van der Waals surface area contributed by atoms with E-state index >= 15 is 0 Å². The highest BCUT2D eigenvalue weighted by Gasteiger charge is 2.33. The minimum Gasteiger partial charge on any atom is -0.295 e. The summed E-state index contributed by atoms with van der Waals surface area (Å²) >= 11 is 0. The van der Waals surface area contributed by atoms with E-state index in [0.29, 0.717) is 5.92 Å². The van der Waals surface area contributed by atoms with Crippen molar-refractivity contribution in [1.29, 1.82) is 0 Å². The molecule has 1 heteroatoms. The topological polar surface area (TPSA) is 3.24 Å². The lowest BCUT2D eigenvalue weighted by atomic mass is 9.89. The molecule has 0 amide bonds. The fourth-order valence-electron chi connectivity index (χ4n) is 3.51. The predicted octanol–water partition coefficient (Wildman–Crippen LogP) is 3.80. The van der Waals surface area contributed by atoms with Gasteiger partial charge < -0.3 is 0 Å². The Morgan fingerprint density at radius 3 is 2.95 bits per heavy atom. The van der Waals surface area contributed by atoms with Crippen molar-refractivity contribution in [2.75, 3.05) is 19.6 Å². The predicted molar refractivity (Wildman–Crippen MR) is 81.9 cm³/mol. The Hall–Kier alpha value is -1.60. The zero-order valence-corrected chi connectivity index (χ0v) is 11.4. The highest BCUT2D eigenvalue weighted by Crippen LogP contribution is 2.45. The number of allylic oxidation sites excluding steroid dienone is 7. The molecule has 0 N–H and O–H groups in total. The van der Waals surface area contributed by atoms with Gasteiger partial charge in [0.25, 0.3) is 0 Å². The summed E-state index contributed by atoms with van der Waals surface area (Å²) < 4.78 is 0. The lowest BCUT2D eigenvalue weighted by Gasteiger charge is -2.30. The Labute approximate surface area is 116 Å². The van der Waals surface area contributed by atoms with E-state index < -0.39 is 0 Å². The van der Waals surface area contributed by atoms with Crippen molar-refractivity contribution in [2.45, 2.75) is 12.8 Å². The normalized spacial score (nSPS) is 25.6. The molecule has 0 aromatic carbocycles. The maximum Gasteiger partial charge on any atom is 0.0253 e. The second-order valence-electron chi connectivity index (χ2n) is 5.43. The molecule has 1 aliphatic heterocycles. The minimum atomic E-state index is 0.516. The number of nitrogens with zero attached hydrogens (tertiary/aromatic N) is 1. The average molecular weight is 251 g/mol. The zero-order valence-electron chi connectivity index (χ0n) is 11.4. The summed E-state index contributed by atoms with van der Waals surface area (Å²) in [6.45, 7) is 11.0. The molecule has 98 valence electrons. The molecule has 1 atom stereocenters. The van der Waals surface area contributed by atoms with Crippen molar-refractivity contribution >= 4 is 0 Å². The van der Waals surface area contributed by atoms with Gasteiger partial charge in [-0.1, -0.05) is 36.5 Å². The number of rotatable bonds is 4. The number of fused-ring (bicyclic) bond motifs is 2. The molecule has 0 spiro atoms. The summed E-state index contributed by atoms with van der Waals surface area (Å²) in [5.41, 5.74) is 6.26. The van der Waals surface area contributed by atoms with Crippen LogP contribution in [-0.4, -0.2) is 24.5 Å². The van der Waals surface area contributed by atoms with Gasteiger partial charge in [0.1, 0.15) is 0 Å². The van der Waals surface area contributed by atoms with Crippen LogP contribution in [0, 0.1) is 5.92 Å². The highest BCUT2D eigenvalue weighted by molar-refractivity contribution is 5.59. The molecule has 1 nitrogen and oxygen atoms in total. The molecule has 19 heavy (non-hydrogen) atoms. The van der Waals surface area contributed by atoms with Crippen LogP contribution in [0.5, 0.6) is 0 Å². The second-order valence-corrected chi connectivity index (χ2v) is 5.43. The van der Waals surface area contributed by atoms with Crippen LogP contribution in [-0.2, 0) is 0 Å². The molecule has 0 fully saturated rings. The monoisotopic (exact) mass is 251 g/mol. The van der Waals surface area contributed by atoms with Gasteiger partial charge in [0.2, 0.25) is 0 Å². The molecule has 0 aromatic rings. The van der Waals surface area contributed by atoms with E-state index in [9.17, 15) is 0 Å². The van der Waals surface area contributed by atoms with Crippen LogP contribution in [0.15, 0.2) is 71.9 Å². The van der Waals surface area contributed by atoms with Crippen LogP contribution in [0.2, 0.25) is 0 Å². The van der Waals surface area contributed by atoms with E-state index in [1.807, 2.05) is 12.2 Å². The van der Waals surface area contributed by atoms with Gasteiger partial charge in [-0.15, -0.1) is 13.2 Å². The largest absolute Gasteiger partial charge is 0.295 e. The third kappa shape index (κ3) is 2.08. The first-order valence-corrected chi connectivity index (χ1v) is 7.09. The van der Waals surface area contributed by atoms with E-state index in [0.717, 1.165) is 26.1 Å². The van der Waals surface area contributed by atoms with Crippen LogP contribution >= 0.6 is 0 Å². The van der Waals surface area contributed by atoms with E-state index in [2.05, 4.69) is 42.4 Å². The van der Waals surface area contributed by atoms with Crippen LogP contribution in [0.4, 0.5) is 0 Å². The maximum atomic E-state index is 3.92. The summed E-state index contributed by atoms with van der Waals surface area (Å²) in [5.74, 6) is 0.516. The van der Waals surface area contributed by atoms with Crippen LogP contribution in [0.3, 0.4) is 0 Å². The van der Waals surface area contributed by atoms with Crippen molar-refractivity contribution in [1.82, 2.24) is 4.90 Å². The van der Waals surface area contributed by atoms with Gasteiger partial charge in [0.05, 0.1) is 0 Å². The molecular weight excluding hydrogens is 230 g/mol. The summed E-state index contributed by atoms with van der Waals surface area (Å²) in [7, 11) is 0. The van der Waals surface area contributed by atoms with E-state index in [4.69, 9.17) is 0 Å². The van der Waals surface area contributed by atoms with Gasteiger partial charge in [0, 0.05) is 25.6 Å². The molecule has 0 aromatic heterocycles. The molecule has 0 saturated heterocycles. The molecule has 0 saturated carbocycles. The van der Waals surface area contributed by atoms with Crippen molar-refractivity contribution in [2.24, 2.45) is 5.92 Å². The third-order valence-corrected chi connectivity index (χ3v) is 4.31. The average Bonchev–Trinajstić information content (AvgIpc) is 2.75. The first-order chi connectivity index (χ1) is 9.35. The Bertz CT molecular complexity index is 528. The summed E-state index contributed by atoms with van der Waals surface area (Å²) in [6.07, 6.45) is 15.2. The van der Waals surface area contributed by atoms with Gasteiger partial charge in [-0.25, -0.2) is 0 Å². The Morgan fingerprint density at radius 2 is 2.16 bits per heavy atom. The first kappa shape index (κ1) is 12.4. The molecule has 0 radical (unpaired) electrons. The second kappa shape index (κ2) is 5.18. The van der Waals surface area contributed by atoms with Gasteiger partial charge in [-0.2, -0.15) is 0 Å². The summed E-state index contributed by atoms with van der Waals surface area (Å²) in [5, 5.41) is 0. The quantitative estimate of drug-likeness (QED) is 0.687. The van der Waals surface area contributed by atoms with E-state index in [-0.39, 0.29) is 0 Å². The summed E-state index contributed by atoms with van der Waals surface area (Å²) in [4.78, 5) is 2.49. The molecule has 3 aliphatic rings. The smallest absolute Gasteiger partial charge is 0.0253 e. The van der Waals surface area contributed by atoms with Crippen molar-refractivity contribution in [3.8, 4) is 0 Å². The lowest BCUT2D eigenvalue weighted by molar-refractivity contribution is 0.312. The SMILES string of the molecule is C=CCC1=C2C=CC=CC2C2=C1CCN(CC=C)C2. The van der Waals surface area contributed by atoms with E-state index in [1.165, 1.54) is 17.6 Å². The van der Waals surface area contributed by atoms with Crippen molar-refractivity contribution in [3.05, 3.63) is 71.9 Å². The first-order valence-electron chi connectivity index (χ1n) is 7.09. The number of hydrogen-bond acceptors (Lipinski definition) is 1. The van der Waals surface area contributed by atoms with Gasteiger partial charge in [-0.05, 0) is 35.1 Å². The lowest BCUT2D eigenvalue weighted by Crippen LogP contribution is -2.32. The zero-order chi connectivity index (χ0) is 13.2. The molecule has 0 bridgehead atoms. The fraction of sp³-hybridized carbons (Fsp3) is 0.333. The van der Waals surface area contributed by atoms with Crippen LogP contribution < -0.4 is 0 Å².